The Morgan fingerprint density at radius 1 is 1.60 bits per heavy atom. The van der Waals surface area contributed by atoms with Gasteiger partial charge in [0.05, 0.1) is 11.7 Å². The van der Waals surface area contributed by atoms with Crippen molar-refractivity contribution < 1.29 is 9.84 Å². The molecule has 0 heterocycles. The van der Waals surface area contributed by atoms with E-state index in [1.807, 2.05) is 13.8 Å². The van der Waals surface area contributed by atoms with E-state index < -0.39 is 11.7 Å². The summed E-state index contributed by atoms with van der Waals surface area (Å²) in [6.07, 6.45) is 0.114. The molecule has 0 aliphatic carbocycles. The van der Waals surface area contributed by atoms with Crippen LogP contribution in [0, 0.1) is 0 Å². The fourth-order valence-electron chi connectivity index (χ4n) is 0.642. The van der Waals surface area contributed by atoms with Gasteiger partial charge in [0.1, 0.15) is 0 Å². The van der Waals surface area contributed by atoms with E-state index in [4.69, 9.17) is 10.5 Å². The minimum atomic E-state index is -0.473. The summed E-state index contributed by atoms with van der Waals surface area (Å²) < 4.78 is 5.05. The summed E-state index contributed by atoms with van der Waals surface area (Å²) in [6.45, 7) is 4.18. The van der Waals surface area contributed by atoms with Crippen LogP contribution in [0.1, 0.15) is 20.3 Å². The molecule has 0 fully saturated rings. The van der Waals surface area contributed by atoms with Crippen molar-refractivity contribution in [3.05, 3.63) is 0 Å². The largest absolute Gasteiger partial charge is 0.390 e. The third-order valence-electron chi connectivity index (χ3n) is 1.77. The van der Waals surface area contributed by atoms with Gasteiger partial charge in [0.15, 0.2) is 0 Å². The molecule has 0 spiro atoms. The molecule has 0 bridgehead atoms. The van der Waals surface area contributed by atoms with Crippen LogP contribution < -0.4 is 5.73 Å². The van der Waals surface area contributed by atoms with Crippen LogP contribution in [0.25, 0.3) is 0 Å². The molecule has 0 aliphatic heterocycles. The van der Waals surface area contributed by atoms with Crippen molar-refractivity contribution in [1.82, 2.24) is 0 Å². The molecule has 62 valence electrons. The second-order valence-corrected chi connectivity index (χ2v) is 2.90. The molecule has 0 radical (unpaired) electrons. The summed E-state index contributed by atoms with van der Waals surface area (Å²) in [5.41, 5.74) is 4.79. The van der Waals surface area contributed by atoms with Crippen molar-refractivity contribution >= 4 is 0 Å². The highest BCUT2D eigenvalue weighted by molar-refractivity contribution is 4.78. The van der Waals surface area contributed by atoms with E-state index in [2.05, 4.69) is 0 Å². The lowest BCUT2D eigenvalue weighted by molar-refractivity contribution is -0.0789. The highest BCUT2D eigenvalue weighted by Gasteiger charge is 2.25. The van der Waals surface area contributed by atoms with Crippen LogP contribution >= 0.6 is 0 Å². The topological polar surface area (TPSA) is 55.5 Å². The zero-order valence-electron chi connectivity index (χ0n) is 6.92. The maximum Gasteiger partial charge on any atom is 0.0880 e. The molecule has 1 unspecified atom stereocenters. The van der Waals surface area contributed by atoms with E-state index in [-0.39, 0.29) is 0 Å². The Hall–Kier alpha value is -0.120. The monoisotopic (exact) mass is 147 g/mol. The van der Waals surface area contributed by atoms with Gasteiger partial charge in [-0.2, -0.15) is 0 Å². The zero-order chi connectivity index (χ0) is 8.20. The van der Waals surface area contributed by atoms with Gasteiger partial charge in [-0.3, -0.25) is 0 Å². The van der Waals surface area contributed by atoms with Gasteiger partial charge in [-0.25, -0.2) is 0 Å². The molecular formula is C7H17NO2. The van der Waals surface area contributed by atoms with Gasteiger partial charge in [0.25, 0.3) is 0 Å². The van der Waals surface area contributed by atoms with Crippen LogP contribution in [-0.2, 0) is 4.74 Å². The van der Waals surface area contributed by atoms with Crippen LogP contribution in [0.15, 0.2) is 0 Å². The summed E-state index contributed by atoms with van der Waals surface area (Å²) in [5.74, 6) is 0. The maximum absolute atomic E-state index is 9.37. The first-order valence-corrected chi connectivity index (χ1v) is 3.48. The first kappa shape index (κ1) is 9.88. The Balaban J connectivity index is 3.78. The van der Waals surface area contributed by atoms with Crippen LogP contribution in [0.2, 0.25) is 0 Å². The molecule has 1 atom stereocenters. The van der Waals surface area contributed by atoms with Crippen molar-refractivity contribution in [2.24, 2.45) is 5.73 Å². The number of aliphatic hydroxyl groups excluding tert-OH is 1. The lowest BCUT2D eigenvalue weighted by atomic mass is 9.99. The predicted octanol–water partition coefficient (Wildman–Crippen LogP) is 0.121. The van der Waals surface area contributed by atoms with Crippen molar-refractivity contribution in [3.63, 3.8) is 0 Å². The van der Waals surface area contributed by atoms with Gasteiger partial charge in [0, 0.05) is 7.11 Å². The minimum absolute atomic E-state index is 0.470. The molecule has 3 N–H and O–H groups in total. The van der Waals surface area contributed by atoms with Gasteiger partial charge < -0.3 is 15.6 Å². The molecule has 3 heteroatoms. The predicted molar refractivity (Wildman–Crippen MR) is 40.8 cm³/mol. The van der Waals surface area contributed by atoms with Crippen molar-refractivity contribution in [3.8, 4) is 0 Å². The van der Waals surface area contributed by atoms with E-state index in [9.17, 15) is 5.11 Å². The number of hydrogen-bond donors (Lipinski definition) is 2. The summed E-state index contributed by atoms with van der Waals surface area (Å²) in [7, 11) is 1.58. The maximum atomic E-state index is 9.37. The fourth-order valence-corrected chi connectivity index (χ4v) is 0.642. The van der Waals surface area contributed by atoms with E-state index >= 15 is 0 Å². The first-order valence-electron chi connectivity index (χ1n) is 3.48. The van der Waals surface area contributed by atoms with Crippen LogP contribution in [0.3, 0.4) is 0 Å². The number of rotatable bonds is 4. The van der Waals surface area contributed by atoms with Gasteiger partial charge in [-0.15, -0.1) is 0 Å². The molecule has 0 aromatic heterocycles. The SMILES string of the molecule is COC(C)(C)C(O)CCN. The molecule has 0 saturated carbocycles. The standard InChI is InChI=1S/C7H17NO2/c1-7(2,10-3)6(9)4-5-8/h6,9H,4-5,8H2,1-3H3. The molecule has 10 heavy (non-hydrogen) atoms. The Bertz CT molecular complexity index is 93.6. The molecule has 0 aromatic rings. The number of hydrogen-bond acceptors (Lipinski definition) is 3. The third kappa shape index (κ3) is 2.64. The molecule has 0 rings (SSSR count). The second kappa shape index (κ2) is 3.91. The second-order valence-electron chi connectivity index (χ2n) is 2.90. The van der Waals surface area contributed by atoms with Crippen molar-refractivity contribution in [2.45, 2.75) is 32.0 Å². The lowest BCUT2D eigenvalue weighted by Gasteiger charge is -2.28. The molecule has 0 saturated heterocycles. The third-order valence-corrected chi connectivity index (χ3v) is 1.77. The Morgan fingerprint density at radius 2 is 2.10 bits per heavy atom. The average molecular weight is 147 g/mol. The Kier molecular flexibility index (Phi) is 3.86. The number of aliphatic hydroxyl groups is 1. The van der Waals surface area contributed by atoms with Crippen LogP contribution in [0.4, 0.5) is 0 Å². The quantitative estimate of drug-likeness (QED) is 0.594. The van der Waals surface area contributed by atoms with E-state index in [0.717, 1.165) is 0 Å². The minimum Gasteiger partial charge on any atom is -0.390 e. The normalized spacial score (nSPS) is 15.3. The Morgan fingerprint density at radius 3 is 2.40 bits per heavy atom. The lowest BCUT2D eigenvalue weighted by Crippen LogP contribution is -2.39. The average Bonchev–Trinajstić information content (AvgIpc) is 1.89. The number of nitrogens with two attached hydrogens (primary N) is 1. The highest BCUT2D eigenvalue weighted by Crippen LogP contribution is 2.15. The molecule has 0 aromatic carbocycles. The van der Waals surface area contributed by atoms with Crippen LogP contribution in [0.5, 0.6) is 0 Å². The first-order chi connectivity index (χ1) is 4.54. The van der Waals surface area contributed by atoms with Gasteiger partial charge >= 0.3 is 0 Å². The van der Waals surface area contributed by atoms with Gasteiger partial charge in [-0.1, -0.05) is 0 Å². The number of ether oxygens (including phenoxy) is 1. The molecule has 3 nitrogen and oxygen atoms in total. The van der Waals surface area contributed by atoms with E-state index in [1.54, 1.807) is 7.11 Å². The molecular weight excluding hydrogens is 130 g/mol. The smallest absolute Gasteiger partial charge is 0.0880 e. The summed E-state index contributed by atoms with van der Waals surface area (Å²) in [6, 6.07) is 0. The van der Waals surface area contributed by atoms with Crippen molar-refractivity contribution in [2.75, 3.05) is 13.7 Å². The van der Waals surface area contributed by atoms with E-state index in [0.29, 0.717) is 13.0 Å². The zero-order valence-corrected chi connectivity index (χ0v) is 6.92. The molecule has 0 aliphatic rings. The summed E-state index contributed by atoms with van der Waals surface area (Å²) in [4.78, 5) is 0. The van der Waals surface area contributed by atoms with Crippen LogP contribution in [-0.4, -0.2) is 30.5 Å². The highest BCUT2D eigenvalue weighted by atomic mass is 16.5. The fraction of sp³-hybridized carbons (Fsp3) is 1.00. The van der Waals surface area contributed by atoms with Crippen molar-refractivity contribution in [1.29, 1.82) is 0 Å². The van der Waals surface area contributed by atoms with Gasteiger partial charge in [-0.05, 0) is 26.8 Å². The Labute approximate surface area is 62.2 Å². The van der Waals surface area contributed by atoms with E-state index in [1.165, 1.54) is 0 Å². The summed E-state index contributed by atoms with van der Waals surface area (Å²) in [5, 5.41) is 9.37. The summed E-state index contributed by atoms with van der Waals surface area (Å²) >= 11 is 0. The molecule has 0 amide bonds. The number of methoxy groups -OCH3 is 1. The van der Waals surface area contributed by atoms with Gasteiger partial charge in [0.2, 0.25) is 0 Å².